The van der Waals surface area contributed by atoms with Crippen LogP contribution in [0, 0.1) is 0 Å². The first kappa shape index (κ1) is 36.1. The third kappa shape index (κ3) is 5.56. The van der Waals surface area contributed by atoms with Crippen LogP contribution in [0.3, 0.4) is 0 Å². The van der Waals surface area contributed by atoms with Crippen molar-refractivity contribution in [3.63, 3.8) is 0 Å². The molecule has 13 aromatic rings. The van der Waals surface area contributed by atoms with Crippen LogP contribution >= 0.6 is 0 Å². The molecule has 0 N–H and O–H groups in total. The van der Waals surface area contributed by atoms with Crippen LogP contribution in [0.4, 0.5) is 17.1 Å². The molecule has 4 heteroatoms. The summed E-state index contributed by atoms with van der Waals surface area (Å²) in [6.45, 7) is 0. The van der Waals surface area contributed by atoms with Crippen LogP contribution in [0.1, 0.15) is 0 Å². The summed E-state index contributed by atoms with van der Waals surface area (Å²) in [5.41, 5.74) is 16.2. The molecule has 3 heterocycles. The zero-order chi connectivity index (χ0) is 42.1. The van der Waals surface area contributed by atoms with E-state index in [9.17, 15) is 0 Å². The molecule has 64 heavy (non-hydrogen) atoms. The van der Waals surface area contributed by atoms with Gasteiger partial charge in [-0.05, 0) is 109 Å². The van der Waals surface area contributed by atoms with E-state index < -0.39 is 0 Å². The monoisotopic (exact) mass is 816 g/mol. The minimum absolute atomic E-state index is 1.11. The zero-order valence-electron chi connectivity index (χ0n) is 34.9. The van der Waals surface area contributed by atoms with E-state index in [2.05, 4.69) is 261 Å². The molecule has 13 rings (SSSR count). The highest BCUT2D eigenvalue weighted by atomic mass is 15.1. The van der Waals surface area contributed by atoms with Gasteiger partial charge in [0.25, 0.3) is 0 Å². The maximum absolute atomic E-state index is 2.45. The Kier molecular flexibility index (Phi) is 8.18. The van der Waals surface area contributed by atoms with Crippen LogP contribution in [-0.2, 0) is 0 Å². The molecule has 0 saturated heterocycles. The van der Waals surface area contributed by atoms with Crippen molar-refractivity contribution >= 4 is 82.5 Å². The van der Waals surface area contributed by atoms with E-state index >= 15 is 0 Å². The summed E-state index contributed by atoms with van der Waals surface area (Å²) in [7, 11) is 0. The largest absolute Gasteiger partial charge is 0.310 e. The Hall–Kier alpha value is -8.60. The van der Waals surface area contributed by atoms with Gasteiger partial charge in [0.2, 0.25) is 0 Å². The third-order valence-electron chi connectivity index (χ3n) is 13.0. The molecule has 300 valence electrons. The molecule has 0 spiro atoms. The predicted molar refractivity (Wildman–Crippen MR) is 270 cm³/mol. The highest BCUT2D eigenvalue weighted by molar-refractivity contribution is 6.13. The van der Waals surface area contributed by atoms with Crippen molar-refractivity contribution < 1.29 is 0 Å². The van der Waals surface area contributed by atoms with Gasteiger partial charge in [-0.3, -0.25) is 0 Å². The smallest absolute Gasteiger partial charge is 0.0542 e. The fourth-order valence-electron chi connectivity index (χ4n) is 10.3. The summed E-state index contributed by atoms with van der Waals surface area (Å²) < 4.78 is 7.29. The highest BCUT2D eigenvalue weighted by Crippen LogP contribution is 2.42. The number of nitrogens with zero attached hydrogens (tertiary/aromatic N) is 4. The molecule has 3 aromatic heterocycles. The average molecular weight is 817 g/mol. The van der Waals surface area contributed by atoms with Gasteiger partial charge in [0, 0.05) is 66.3 Å². The van der Waals surface area contributed by atoms with Gasteiger partial charge >= 0.3 is 0 Å². The maximum atomic E-state index is 2.45. The minimum Gasteiger partial charge on any atom is -0.310 e. The molecule has 0 amide bonds. The topological polar surface area (TPSA) is 18.0 Å². The first-order valence-electron chi connectivity index (χ1n) is 21.9. The molecule has 0 aliphatic heterocycles. The first-order valence-corrected chi connectivity index (χ1v) is 21.9. The molecule has 10 aromatic carbocycles. The van der Waals surface area contributed by atoms with Crippen molar-refractivity contribution in [1.29, 1.82) is 0 Å². The van der Waals surface area contributed by atoms with Gasteiger partial charge in [-0.15, -0.1) is 0 Å². The van der Waals surface area contributed by atoms with E-state index in [1.807, 2.05) is 0 Å². The van der Waals surface area contributed by atoms with Crippen molar-refractivity contribution in [1.82, 2.24) is 13.7 Å². The number of hydrogen-bond acceptors (Lipinski definition) is 1. The van der Waals surface area contributed by atoms with Gasteiger partial charge in [-0.1, -0.05) is 140 Å². The van der Waals surface area contributed by atoms with Gasteiger partial charge in [0.05, 0.1) is 38.8 Å². The molecule has 0 aliphatic carbocycles. The Balaban J connectivity index is 0.962. The van der Waals surface area contributed by atoms with Crippen LogP contribution < -0.4 is 4.90 Å². The lowest BCUT2D eigenvalue weighted by Gasteiger charge is -2.25. The van der Waals surface area contributed by atoms with Crippen molar-refractivity contribution in [3.05, 3.63) is 243 Å². The van der Waals surface area contributed by atoms with Crippen molar-refractivity contribution in [2.45, 2.75) is 0 Å². The van der Waals surface area contributed by atoms with Crippen LogP contribution in [-0.4, -0.2) is 13.7 Å². The summed E-state index contributed by atoms with van der Waals surface area (Å²) in [5, 5.41) is 7.41. The Morgan fingerprint density at radius 2 is 0.688 bits per heavy atom. The van der Waals surface area contributed by atoms with E-state index in [1.54, 1.807) is 0 Å². The SMILES string of the molecule is c1ccc(N(c2ccccc2)c2ccc3c(c2)c2ccccc2n3-c2cccc(-c3ccccc3-n3c4ccccc4c4cc(-n5c6ccccc6c6ccccc65)ccc43)c2)cc1. The number of benzene rings is 10. The Labute approximate surface area is 370 Å². The van der Waals surface area contributed by atoms with Crippen molar-refractivity contribution in [2.75, 3.05) is 4.90 Å². The molecular weight excluding hydrogens is 777 g/mol. The minimum atomic E-state index is 1.11. The van der Waals surface area contributed by atoms with Crippen LogP contribution in [0.5, 0.6) is 0 Å². The average Bonchev–Trinajstić information content (AvgIpc) is 4.00. The third-order valence-corrected chi connectivity index (χ3v) is 13.0. The van der Waals surface area contributed by atoms with Gasteiger partial charge in [0.15, 0.2) is 0 Å². The molecule has 0 aliphatic rings. The van der Waals surface area contributed by atoms with E-state index in [0.29, 0.717) is 0 Å². The standard InChI is InChI=1S/C60H40N4/c1-3-19-42(20-4-1)61(43-21-5-2-6-22-43)45-34-36-59-52(39-45)50-27-10-15-32-57(50)62(59)44-23-17-18-41(38-44)47-24-7-12-29-54(47)64-58-33-16-11-28-51(58)53-40-46(35-37-60(53)64)63-55-30-13-8-25-48(55)49-26-9-14-31-56(49)63/h1-40H. The number of para-hydroxylation sites is 7. The second-order valence-electron chi connectivity index (χ2n) is 16.6. The van der Waals surface area contributed by atoms with Crippen molar-refractivity contribution in [3.8, 4) is 28.2 Å². The quantitative estimate of drug-likeness (QED) is 0.157. The van der Waals surface area contributed by atoms with E-state index in [4.69, 9.17) is 0 Å². The fourth-order valence-corrected chi connectivity index (χ4v) is 10.3. The number of rotatable bonds is 7. The molecule has 4 nitrogen and oxygen atoms in total. The van der Waals surface area contributed by atoms with E-state index in [0.717, 1.165) is 45.2 Å². The summed E-state index contributed by atoms with van der Waals surface area (Å²) >= 11 is 0. The van der Waals surface area contributed by atoms with Crippen molar-refractivity contribution in [2.24, 2.45) is 0 Å². The van der Waals surface area contributed by atoms with Gasteiger partial charge in [-0.25, -0.2) is 0 Å². The number of hydrogen-bond donors (Lipinski definition) is 0. The number of aromatic nitrogens is 3. The Bertz CT molecular complexity index is 3820. The molecule has 0 bridgehead atoms. The Morgan fingerprint density at radius 3 is 1.30 bits per heavy atom. The summed E-state index contributed by atoms with van der Waals surface area (Å²) in [6, 6.07) is 88.1. The lowest BCUT2D eigenvalue weighted by atomic mass is 10.0. The second kappa shape index (κ2) is 14.5. The maximum Gasteiger partial charge on any atom is 0.0542 e. The lowest BCUT2D eigenvalue weighted by molar-refractivity contribution is 1.16. The predicted octanol–water partition coefficient (Wildman–Crippen LogP) is 16.1. The van der Waals surface area contributed by atoms with Gasteiger partial charge in [-0.2, -0.15) is 0 Å². The summed E-state index contributed by atoms with van der Waals surface area (Å²) in [6.07, 6.45) is 0. The normalized spacial score (nSPS) is 11.8. The highest BCUT2D eigenvalue weighted by Gasteiger charge is 2.20. The van der Waals surface area contributed by atoms with E-state index in [1.165, 1.54) is 65.5 Å². The van der Waals surface area contributed by atoms with Crippen LogP contribution in [0.25, 0.3) is 93.6 Å². The first-order chi connectivity index (χ1) is 31.8. The van der Waals surface area contributed by atoms with E-state index in [-0.39, 0.29) is 0 Å². The zero-order valence-corrected chi connectivity index (χ0v) is 34.9. The second-order valence-corrected chi connectivity index (χ2v) is 16.6. The van der Waals surface area contributed by atoms with Crippen LogP contribution in [0.15, 0.2) is 243 Å². The molecule has 0 fully saturated rings. The molecular formula is C60H40N4. The fraction of sp³-hybridized carbons (Fsp3) is 0. The lowest BCUT2D eigenvalue weighted by Crippen LogP contribution is -2.09. The summed E-state index contributed by atoms with van der Waals surface area (Å²) in [4.78, 5) is 2.34. The molecule has 0 atom stereocenters. The molecule has 0 radical (unpaired) electrons. The molecule has 0 saturated carbocycles. The van der Waals surface area contributed by atoms with Gasteiger partial charge < -0.3 is 18.6 Å². The number of anilines is 3. The Morgan fingerprint density at radius 1 is 0.250 bits per heavy atom. The van der Waals surface area contributed by atoms with Crippen LogP contribution in [0.2, 0.25) is 0 Å². The van der Waals surface area contributed by atoms with Gasteiger partial charge in [0.1, 0.15) is 0 Å². The number of fused-ring (bicyclic) bond motifs is 9. The molecule has 0 unspecified atom stereocenters. The summed E-state index contributed by atoms with van der Waals surface area (Å²) in [5.74, 6) is 0.